The molecule has 2 rings (SSSR count). The van der Waals surface area contributed by atoms with Crippen LogP contribution in [0, 0.1) is 0 Å². The van der Waals surface area contributed by atoms with Gasteiger partial charge in [-0.2, -0.15) is 0 Å². The van der Waals surface area contributed by atoms with Gasteiger partial charge in [-0.1, -0.05) is 36.0 Å². The van der Waals surface area contributed by atoms with E-state index in [0.717, 1.165) is 21.8 Å². The van der Waals surface area contributed by atoms with Gasteiger partial charge in [0.25, 0.3) is 0 Å². The zero-order valence-electron chi connectivity index (χ0n) is 10.6. The topological polar surface area (TPSA) is 38.0 Å². The molecule has 0 bridgehead atoms. The molecule has 0 radical (unpaired) electrons. The Hall–Kier alpha value is -1.58. The first kappa shape index (κ1) is 13.8. The summed E-state index contributed by atoms with van der Waals surface area (Å²) in [5.41, 5.74) is 8.61. The van der Waals surface area contributed by atoms with Crippen molar-refractivity contribution in [2.75, 3.05) is 5.32 Å². The highest BCUT2D eigenvalue weighted by molar-refractivity contribution is 7.80. The molecule has 0 aromatic heterocycles. The Morgan fingerprint density at radius 2 is 1.89 bits per heavy atom. The Morgan fingerprint density at radius 3 is 2.47 bits per heavy atom. The Kier molecular flexibility index (Phi) is 4.40. The van der Waals surface area contributed by atoms with Gasteiger partial charge in [0.2, 0.25) is 0 Å². The zero-order valence-corrected chi connectivity index (χ0v) is 12.1. The van der Waals surface area contributed by atoms with Crippen LogP contribution in [0.2, 0.25) is 5.02 Å². The highest BCUT2D eigenvalue weighted by Gasteiger charge is 2.06. The van der Waals surface area contributed by atoms with Gasteiger partial charge < -0.3 is 11.1 Å². The van der Waals surface area contributed by atoms with E-state index in [9.17, 15) is 0 Å². The maximum absolute atomic E-state index is 5.99. The molecule has 0 fully saturated rings. The molecule has 0 aliphatic rings. The van der Waals surface area contributed by atoms with Crippen LogP contribution in [-0.2, 0) is 0 Å². The standard InChI is InChI=1S/C15H15ClN2S/c1-10(12-3-2-4-13(16)9-12)18-14-7-5-11(6-8-14)15(17)19/h2-10,18H,1H3,(H2,17,19). The summed E-state index contributed by atoms with van der Waals surface area (Å²) in [5, 5.41) is 4.15. The smallest absolute Gasteiger partial charge is 0.103 e. The summed E-state index contributed by atoms with van der Waals surface area (Å²) in [6.45, 7) is 2.09. The highest BCUT2D eigenvalue weighted by atomic mass is 35.5. The molecule has 0 saturated carbocycles. The van der Waals surface area contributed by atoms with E-state index in [0.29, 0.717) is 4.99 Å². The van der Waals surface area contributed by atoms with Gasteiger partial charge in [0, 0.05) is 22.3 Å². The molecular weight excluding hydrogens is 276 g/mol. The minimum Gasteiger partial charge on any atom is -0.389 e. The molecule has 0 spiro atoms. The monoisotopic (exact) mass is 290 g/mol. The molecule has 19 heavy (non-hydrogen) atoms. The molecule has 1 unspecified atom stereocenters. The lowest BCUT2D eigenvalue weighted by atomic mass is 10.1. The van der Waals surface area contributed by atoms with Crippen LogP contribution in [0.15, 0.2) is 48.5 Å². The largest absolute Gasteiger partial charge is 0.389 e. The Bertz CT molecular complexity index is 581. The lowest BCUT2D eigenvalue weighted by molar-refractivity contribution is 0.885. The first-order chi connectivity index (χ1) is 9.06. The third-order valence-corrected chi connectivity index (χ3v) is 3.37. The summed E-state index contributed by atoms with van der Waals surface area (Å²) in [4.78, 5) is 0.412. The zero-order chi connectivity index (χ0) is 13.8. The van der Waals surface area contributed by atoms with E-state index in [2.05, 4.69) is 12.2 Å². The van der Waals surface area contributed by atoms with Gasteiger partial charge in [-0.05, 0) is 48.9 Å². The lowest BCUT2D eigenvalue weighted by Crippen LogP contribution is -2.10. The predicted molar refractivity (Wildman–Crippen MR) is 85.8 cm³/mol. The number of halogens is 1. The van der Waals surface area contributed by atoms with Crippen molar-refractivity contribution in [2.24, 2.45) is 5.73 Å². The van der Waals surface area contributed by atoms with E-state index in [1.165, 1.54) is 0 Å². The normalized spacial score (nSPS) is 11.9. The van der Waals surface area contributed by atoms with Gasteiger partial charge in [0.15, 0.2) is 0 Å². The van der Waals surface area contributed by atoms with Crippen LogP contribution in [0.25, 0.3) is 0 Å². The fourth-order valence-electron chi connectivity index (χ4n) is 1.84. The van der Waals surface area contributed by atoms with Gasteiger partial charge in [-0.3, -0.25) is 0 Å². The van der Waals surface area contributed by atoms with Crippen molar-refractivity contribution in [2.45, 2.75) is 13.0 Å². The Morgan fingerprint density at radius 1 is 1.21 bits per heavy atom. The van der Waals surface area contributed by atoms with E-state index in [4.69, 9.17) is 29.6 Å². The van der Waals surface area contributed by atoms with Crippen molar-refractivity contribution in [1.29, 1.82) is 0 Å². The number of nitrogens with one attached hydrogen (secondary N) is 1. The third-order valence-electron chi connectivity index (χ3n) is 2.90. The van der Waals surface area contributed by atoms with E-state index >= 15 is 0 Å². The van der Waals surface area contributed by atoms with Crippen LogP contribution in [-0.4, -0.2) is 4.99 Å². The molecule has 0 heterocycles. The van der Waals surface area contributed by atoms with Crippen LogP contribution in [0.1, 0.15) is 24.1 Å². The van der Waals surface area contributed by atoms with Crippen molar-refractivity contribution in [1.82, 2.24) is 0 Å². The van der Waals surface area contributed by atoms with Gasteiger partial charge >= 0.3 is 0 Å². The van der Waals surface area contributed by atoms with Crippen molar-refractivity contribution in [3.63, 3.8) is 0 Å². The molecule has 3 N–H and O–H groups in total. The van der Waals surface area contributed by atoms with Crippen LogP contribution in [0.4, 0.5) is 5.69 Å². The van der Waals surface area contributed by atoms with Crippen LogP contribution < -0.4 is 11.1 Å². The number of hydrogen-bond acceptors (Lipinski definition) is 2. The highest BCUT2D eigenvalue weighted by Crippen LogP contribution is 2.22. The van der Waals surface area contributed by atoms with Crippen LogP contribution in [0.5, 0.6) is 0 Å². The van der Waals surface area contributed by atoms with Gasteiger partial charge in [0.1, 0.15) is 4.99 Å². The van der Waals surface area contributed by atoms with Crippen LogP contribution in [0.3, 0.4) is 0 Å². The number of hydrogen-bond donors (Lipinski definition) is 2. The summed E-state index contributed by atoms with van der Waals surface area (Å²) < 4.78 is 0. The Balaban J connectivity index is 2.10. The minimum atomic E-state index is 0.175. The number of anilines is 1. The maximum Gasteiger partial charge on any atom is 0.103 e. The molecule has 1 atom stereocenters. The molecule has 2 aromatic carbocycles. The maximum atomic E-state index is 5.99. The molecule has 2 aromatic rings. The van der Waals surface area contributed by atoms with Crippen molar-refractivity contribution in [3.05, 3.63) is 64.7 Å². The van der Waals surface area contributed by atoms with E-state index in [1.54, 1.807) is 0 Å². The second-order valence-electron chi connectivity index (χ2n) is 4.36. The second-order valence-corrected chi connectivity index (χ2v) is 5.24. The molecule has 0 amide bonds. The molecule has 4 heteroatoms. The summed E-state index contributed by atoms with van der Waals surface area (Å²) in [5.74, 6) is 0. The quantitative estimate of drug-likeness (QED) is 0.831. The molecule has 2 nitrogen and oxygen atoms in total. The SMILES string of the molecule is CC(Nc1ccc(C(N)=S)cc1)c1cccc(Cl)c1. The number of rotatable bonds is 4. The van der Waals surface area contributed by atoms with E-state index in [-0.39, 0.29) is 6.04 Å². The van der Waals surface area contributed by atoms with Gasteiger partial charge in [-0.25, -0.2) is 0 Å². The van der Waals surface area contributed by atoms with Crippen molar-refractivity contribution < 1.29 is 0 Å². The van der Waals surface area contributed by atoms with E-state index < -0.39 is 0 Å². The van der Waals surface area contributed by atoms with E-state index in [1.807, 2.05) is 48.5 Å². The summed E-state index contributed by atoms with van der Waals surface area (Å²) in [6, 6.07) is 15.8. The van der Waals surface area contributed by atoms with Crippen molar-refractivity contribution in [3.8, 4) is 0 Å². The average molecular weight is 291 g/mol. The van der Waals surface area contributed by atoms with Gasteiger partial charge in [-0.15, -0.1) is 0 Å². The Labute approximate surface area is 123 Å². The number of thiocarbonyl (C=S) groups is 1. The summed E-state index contributed by atoms with van der Waals surface area (Å²) in [7, 11) is 0. The first-order valence-electron chi connectivity index (χ1n) is 5.98. The fraction of sp³-hybridized carbons (Fsp3) is 0.133. The van der Waals surface area contributed by atoms with Gasteiger partial charge in [0.05, 0.1) is 0 Å². The molecule has 0 aliphatic heterocycles. The first-order valence-corrected chi connectivity index (χ1v) is 6.77. The fourth-order valence-corrected chi connectivity index (χ4v) is 2.17. The third kappa shape index (κ3) is 3.69. The minimum absolute atomic E-state index is 0.175. The summed E-state index contributed by atoms with van der Waals surface area (Å²) >= 11 is 10.9. The molecule has 0 aliphatic carbocycles. The lowest BCUT2D eigenvalue weighted by Gasteiger charge is -2.16. The van der Waals surface area contributed by atoms with Crippen molar-refractivity contribution >= 4 is 34.5 Å². The summed E-state index contributed by atoms with van der Waals surface area (Å²) in [6.07, 6.45) is 0. The number of benzene rings is 2. The predicted octanol–water partition coefficient (Wildman–Crippen LogP) is 4.15. The average Bonchev–Trinajstić information content (AvgIpc) is 2.39. The molecular formula is C15H15ClN2S. The second kappa shape index (κ2) is 6.04. The molecule has 98 valence electrons. The number of nitrogens with two attached hydrogens (primary N) is 1. The van der Waals surface area contributed by atoms with Crippen LogP contribution >= 0.6 is 23.8 Å². The molecule has 0 saturated heterocycles.